The molecule has 10 heteroatoms. The fourth-order valence-electron chi connectivity index (χ4n) is 1.94. The average Bonchev–Trinajstić information content (AvgIpc) is 3.04. The van der Waals surface area contributed by atoms with Crippen molar-refractivity contribution in [3.63, 3.8) is 0 Å². The molecule has 3 amide bonds. The van der Waals surface area contributed by atoms with Crippen molar-refractivity contribution in [2.75, 3.05) is 11.1 Å². The van der Waals surface area contributed by atoms with E-state index in [1.807, 2.05) is 0 Å². The lowest BCUT2D eigenvalue weighted by atomic mass is 10.1. The van der Waals surface area contributed by atoms with Crippen LogP contribution in [0.1, 0.15) is 18.2 Å². The largest absolute Gasteiger partial charge is 0.360 e. The number of carbonyl (C=O) groups excluding carboxylic acids is 3. The molecule has 0 spiro atoms. The smallest absolute Gasteiger partial charge is 0.248 e. The highest BCUT2D eigenvalue weighted by molar-refractivity contribution is 8.01. The number of hydrazine groups is 1. The Morgan fingerprint density at radius 2 is 1.85 bits per heavy atom. The van der Waals surface area contributed by atoms with Crippen molar-refractivity contribution in [2.24, 2.45) is 0 Å². The van der Waals surface area contributed by atoms with Gasteiger partial charge in [-0.25, -0.2) is 0 Å². The van der Waals surface area contributed by atoms with E-state index in [4.69, 9.17) is 16.1 Å². The van der Waals surface area contributed by atoms with Gasteiger partial charge in [0.2, 0.25) is 17.7 Å². The van der Waals surface area contributed by atoms with Crippen LogP contribution in [0.25, 0.3) is 0 Å². The minimum atomic E-state index is -0.488. The summed E-state index contributed by atoms with van der Waals surface area (Å²) in [4.78, 5) is 35.6. The second kappa shape index (κ2) is 9.98. The third-order valence-corrected chi connectivity index (χ3v) is 4.73. The van der Waals surface area contributed by atoms with E-state index in [2.05, 4.69) is 21.3 Å². The van der Waals surface area contributed by atoms with Crippen LogP contribution in [0.15, 0.2) is 34.9 Å². The third kappa shape index (κ3) is 7.32. The van der Waals surface area contributed by atoms with Crippen LogP contribution >= 0.6 is 23.4 Å². The molecular weight excluding hydrogens is 392 g/mol. The highest BCUT2D eigenvalue weighted by atomic mass is 35.5. The number of aryl methyl sites for hydroxylation is 1. The fraction of sp³-hybridized carbons (Fsp3) is 0.294. The number of thioether (sulfide) groups is 1. The topological polar surface area (TPSA) is 113 Å². The number of nitrogens with zero attached hydrogens (tertiary/aromatic N) is 1. The Bertz CT molecular complexity index is 810. The molecule has 27 heavy (non-hydrogen) atoms. The van der Waals surface area contributed by atoms with Crippen LogP contribution in [0.2, 0.25) is 5.02 Å². The van der Waals surface area contributed by atoms with Gasteiger partial charge < -0.3 is 9.84 Å². The molecule has 2 rings (SSSR count). The summed E-state index contributed by atoms with van der Waals surface area (Å²) in [6, 6.07) is 8.43. The van der Waals surface area contributed by atoms with Gasteiger partial charge >= 0.3 is 0 Å². The van der Waals surface area contributed by atoms with E-state index in [0.717, 1.165) is 17.3 Å². The second-order valence-electron chi connectivity index (χ2n) is 5.66. The van der Waals surface area contributed by atoms with Crippen molar-refractivity contribution in [3.05, 3.63) is 46.7 Å². The molecule has 2 aromatic rings. The van der Waals surface area contributed by atoms with Crippen molar-refractivity contribution >= 4 is 46.9 Å². The first-order valence-electron chi connectivity index (χ1n) is 8.01. The van der Waals surface area contributed by atoms with Crippen molar-refractivity contribution in [1.82, 2.24) is 16.0 Å². The van der Waals surface area contributed by atoms with Gasteiger partial charge in [-0.3, -0.25) is 25.2 Å². The number of hydrogen-bond acceptors (Lipinski definition) is 6. The lowest BCUT2D eigenvalue weighted by Crippen LogP contribution is -2.43. The number of rotatable bonds is 7. The van der Waals surface area contributed by atoms with E-state index in [1.54, 1.807) is 44.2 Å². The number of aromatic nitrogens is 1. The Labute approximate surface area is 165 Å². The maximum Gasteiger partial charge on any atom is 0.248 e. The lowest BCUT2D eigenvalue weighted by Gasteiger charge is -2.11. The van der Waals surface area contributed by atoms with Gasteiger partial charge in [0.25, 0.3) is 0 Å². The van der Waals surface area contributed by atoms with Crippen LogP contribution in [-0.4, -0.2) is 33.9 Å². The van der Waals surface area contributed by atoms with Gasteiger partial charge in [0.1, 0.15) is 5.76 Å². The first kappa shape index (κ1) is 20.8. The second-order valence-corrected chi connectivity index (χ2v) is 7.43. The molecule has 1 heterocycles. The van der Waals surface area contributed by atoms with Crippen LogP contribution in [0, 0.1) is 6.92 Å². The summed E-state index contributed by atoms with van der Waals surface area (Å²) in [5.41, 5.74) is 5.42. The van der Waals surface area contributed by atoms with Crippen LogP contribution < -0.4 is 16.2 Å². The number of carbonyl (C=O) groups is 3. The van der Waals surface area contributed by atoms with Crippen LogP contribution in [0.3, 0.4) is 0 Å². The number of benzene rings is 1. The Balaban J connectivity index is 1.66. The number of hydrogen-bond donors (Lipinski definition) is 3. The number of nitrogens with one attached hydrogen (secondary N) is 3. The molecule has 0 fully saturated rings. The molecule has 0 aliphatic carbocycles. The first-order chi connectivity index (χ1) is 12.8. The van der Waals surface area contributed by atoms with Crippen LogP contribution in [-0.2, 0) is 20.8 Å². The van der Waals surface area contributed by atoms with Gasteiger partial charge in [-0.05, 0) is 31.5 Å². The molecule has 0 saturated heterocycles. The third-order valence-electron chi connectivity index (χ3n) is 3.33. The standard InChI is InChI=1S/C17H19ClN4O4S/c1-10-7-14(22-26-10)19-17(25)11(2)27-9-16(24)21-20-15(23)8-12-3-5-13(18)6-4-12/h3-7,11H,8-9H2,1-2H3,(H,20,23)(H,21,24)(H,19,22,25). The predicted molar refractivity (Wildman–Crippen MR) is 103 cm³/mol. The maximum atomic E-state index is 12.0. The molecular formula is C17H19ClN4O4S. The summed E-state index contributed by atoms with van der Waals surface area (Å²) >= 11 is 6.91. The van der Waals surface area contributed by atoms with E-state index in [-0.39, 0.29) is 24.0 Å². The van der Waals surface area contributed by atoms with E-state index >= 15 is 0 Å². The van der Waals surface area contributed by atoms with Gasteiger partial charge in [0.05, 0.1) is 17.4 Å². The molecule has 0 aliphatic rings. The van der Waals surface area contributed by atoms with Crippen molar-refractivity contribution in [3.8, 4) is 0 Å². The summed E-state index contributed by atoms with van der Waals surface area (Å²) in [5.74, 6) is -0.159. The summed E-state index contributed by atoms with van der Waals surface area (Å²) < 4.78 is 4.86. The van der Waals surface area contributed by atoms with E-state index in [1.165, 1.54) is 0 Å². The van der Waals surface area contributed by atoms with Gasteiger partial charge in [-0.1, -0.05) is 28.9 Å². The average molecular weight is 411 g/mol. The molecule has 1 aromatic carbocycles. The molecule has 0 bridgehead atoms. The number of anilines is 1. The Morgan fingerprint density at radius 3 is 2.48 bits per heavy atom. The van der Waals surface area contributed by atoms with Crippen molar-refractivity contribution in [2.45, 2.75) is 25.5 Å². The molecule has 1 aromatic heterocycles. The van der Waals surface area contributed by atoms with E-state index in [0.29, 0.717) is 16.6 Å². The number of halogens is 1. The molecule has 0 radical (unpaired) electrons. The highest BCUT2D eigenvalue weighted by Gasteiger charge is 2.17. The highest BCUT2D eigenvalue weighted by Crippen LogP contribution is 2.14. The zero-order valence-electron chi connectivity index (χ0n) is 14.7. The fourth-order valence-corrected chi connectivity index (χ4v) is 2.75. The van der Waals surface area contributed by atoms with E-state index in [9.17, 15) is 14.4 Å². The summed E-state index contributed by atoms with van der Waals surface area (Å²) in [7, 11) is 0. The van der Waals surface area contributed by atoms with Gasteiger partial charge in [0, 0.05) is 11.1 Å². The summed E-state index contributed by atoms with van der Waals surface area (Å²) in [5, 5.41) is 6.36. The molecule has 1 atom stereocenters. The zero-order chi connectivity index (χ0) is 19.8. The van der Waals surface area contributed by atoms with E-state index < -0.39 is 11.2 Å². The monoisotopic (exact) mass is 410 g/mol. The normalized spacial score (nSPS) is 11.5. The first-order valence-corrected chi connectivity index (χ1v) is 9.44. The molecule has 3 N–H and O–H groups in total. The summed E-state index contributed by atoms with van der Waals surface area (Å²) in [6.07, 6.45) is 0.112. The molecule has 1 unspecified atom stereocenters. The maximum absolute atomic E-state index is 12.0. The zero-order valence-corrected chi connectivity index (χ0v) is 16.3. The van der Waals surface area contributed by atoms with Crippen LogP contribution in [0.4, 0.5) is 5.82 Å². The quantitative estimate of drug-likeness (QED) is 0.602. The van der Waals surface area contributed by atoms with Crippen molar-refractivity contribution in [1.29, 1.82) is 0 Å². The van der Waals surface area contributed by atoms with Gasteiger partial charge in [-0.2, -0.15) is 0 Å². The summed E-state index contributed by atoms with van der Waals surface area (Å²) in [6.45, 7) is 3.38. The van der Waals surface area contributed by atoms with Crippen LogP contribution in [0.5, 0.6) is 0 Å². The van der Waals surface area contributed by atoms with Crippen molar-refractivity contribution < 1.29 is 18.9 Å². The Kier molecular flexibility index (Phi) is 7.68. The lowest BCUT2D eigenvalue weighted by molar-refractivity contribution is -0.127. The Morgan fingerprint density at radius 1 is 1.19 bits per heavy atom. The molecule has 0 aliphatic heterocycles. The SMILES string of the molecule is Cc1cc(NC(=O)C(C)SCC(=O)NNC(=O)Cc2ccc(Cl)cc2)no1. The van der Waals surface area contributed by atoms with Gasteiger partial charge in [-0.15, -0.1) is 11.8 Å². The minimum Gasteiger partial charge on any atom is -0.360 e. The minimum absolute atomic E-state index is 0.00759. The molecule has 0 saturated carbocycles. The predicted octanol–water partition coefficient (Wildman–Crippen LogP) is 2.09. The Hall–Kier alpha value is -2.52. The molecule has 144 valence electrons. The molecule has 8 nitrogen and oxygen atoms in total. The van der Waals surface area contributed by atoms with Gasteiger partial charge in [0.15, 0.2) is 5.82 Å². The number of amides is 3.